The fourth-order valence-corrected chi connectivity index (χ4v) is 7.37. The molecule has 4 aliphatic carbocycles. The first-order chi connectivity index (χ1) is 17.9. The van der Waals surface area contributed by atoms with Crippen LogP contribution >= 0.6 is 0 Å². The van der Waals surface area contributed by atoms with E-state index in [0.717, 1.165) is 48.3 Å². The minimum Gasteiger partial charge on any atom is -0.478 e. The number of carbonyl (C=O) groups excluding carboxylic acids is 1. The van der Waals surface area contributed by atoms with Crippen molar-refractivity contribution >= 4 is 17.8 Å². The van der Waals surface area contributed by atoms with Crippen molar-refractivity contribution in [2.45, 2.75) is 43.9 Å². The summed E-state index contributed by atoms with van der Waals surface area (Å²) in [6.07, 6.45) is 9.08. The number of carboxylic acids is 1. The Balaban J connectivity index is 1.32. The van der Waals surface area contributed by atoms with Crippen LogP contribution in [0, 0.1) is 17.8 Å². The van der Waals surface area contributed by atoms with Crippen molar-refractivity contribution < 1.29 is 33.6 Å². The fraction of sp³-hybridized carbons (Fsp3) is 0.467. The maximum absolute atomic E-state index is 13.4. The van der Waals surface area contributed by atoms with Crippen molar-refractivity contribution in [3.63, 3.8) is 0 Å². The van der Waals surface area contributed by atoms with Crippen molar-refractivity contribution in [1.29, 1.82) is 0 Å². The molecular weight excluding hydrogens is 472 g/mol. The van der Waals surface area contributed by atoms with Gasteiger partial charge in [0.1, 0.15) is 11.5 Å². The van der Waals surface area contributed by atoms with Crippen LogP contribution in [-0.4, -0.2) is 44.0 Å². The van der Waals surface area contributed by atoms with Crippen molar-refractivity contribution in [1.82, 2.24) is 0 Å². The van der Waals surface area contributed by atoms with Gasteiger partial charge in [0.05, 0.1) is 24.3 Å². The van der Waals surface area contributed by atoms with Crippen LogP contribution in [0.15, 0.2) is 42.2 Å². The molecule has 1 N–H and O–H groups in total. The number of methoxy groups -OCH3 is 1. The van der Waals surface area contributed by atoms with Gasteiger partial charge in [0, 0.05) is 18.7 Å². The maximum atomic E-state index is 13.4. The molecule has 0 atom stereocenters. The van der Waals surface area contributed by atoms with Crippen LogP contribution in [0.5, 0.6) is 11.5 Å². The van der Waals surface area contributed by atoms with Crippen molar-refractivity contribution in [2.24, 2.45) is 17.8 Å². The van der Waals surface area contributed by atoms with Gasteiger partial charge in [-0.15, -0.1) is 0 Å². The van der Waals surface area contributed by atoms with Crippen LogP contribution in [0.4, 0.5) is 0 Å². The molecule has 7 rings (SSSR count). The van der Waals surface area contributed by atoms with Crippen molar-refractivity contribution in [3.05, 3.63) is 64.4 Å². The quantitative estimate of drug-likeness (QED) is 0.275. The van der Waals surface area contributed by atoms with Crippen LogP contribution in [0.25, 0.3) is 6.08 Å². The second-order valence-corrected chi connectivity index (χ2v) is 11.1. The summed E-state index contributed by atoms with van der Waals surface area (Å²) in [6, 6.07) is 10.2. The highest BCUT2D eigenvalue weighted by Gasteiger charge is 2.53. The molecule has 0 unspecified atom stereocenters. The summed E-state index contributed by atoms with van der Waals surface area (Å²) in [6.45, 7) is 1.04. The number of ether oxygens (including phenoxy) is 4. The van der Waals surface area contributed by atoms with Gasteiger partial charge in [-0.1, -0.05) is 12.1 Å². The topological polar surface area (TPSA) is 91.3 Å². The number of hydrogen-bond acceptors (Lipinski definition) is 6. The third-order valence-corrected chi connectivity index (χ3v) is 8.56. The number of rotatable bonds is 9. The number of aromatic carboxylic acids is 1. The highest BCUT2D eigenvalue weighted by atomic mass is 16.7. The zero-order valence-electron chi connectivity index (χ0n) is 21.0. The Kier molecular flexibility index (Phi) is 6.29. The number of Topliss-reactive ketones (excluding diaryl/α,β-unsaturated/α-hetero) is 1. The Hall–Kier alpha value is -3.16. The van der Waals surface area contributed by atoms with E-state index in [-0.39, 0.29) is 29.3 Å². The molecule has 0 amide bonds. The summed E-state index contributed by atoms with van der Waals surface area (Å²) in [5.41, 5.74) is 2.60. The Morgan fingerprint density at radius 1 is 1.05 bits per heavy atom. The monoisotopic (exact) mass is 504 g/mol. The molecule has 4 bridgehead atoms. The summed E-state index contributed by atoms with van der Waals surface area (Å²) in [7, 11) is 1.63. The van der Waals surface area contributed by atoms with E-state index >= 15 is 0 Å². The summed E-state index contributed by atoms with van der Waals surface area (Å²) >= 11 is 0. The Morgan fingerprint density at radius 2 is 1.73 bits per heavy atom. The van der Waals surface area contributed by atoms with Gasteiger partial charge in [-0.25, -0.2) is 4.79 Å². The lowest BCUT2D eigenvalue weighted by Crippen LogP contribution is -2.48. The molecule has 2 aromatic rings. The minimum atomic E-state index is -0.990. The normalized spacial score (nSPS) is 28.4. The first kappa shape index (κ1) is 24.2. The highest BCUT2D eigenvalue weighted by molar-refractivity contribution is 6.14. The molecule has 0 saturated heterocycles. The highest BCUT2D eigenvalue weighted by Crippen LogP contribution is 2.62. The van der Waals surface area contributed by atoms with E-state index in [0.29, 0.717) is 30.1 Å². The number of hydrogen-bond donors (Lipinski definition) is 1. The van der Waals surface area contributed by atoms with E-state index in [1.165, 1.54) is 31.4 Å². The van der Waals surface area contributed by atoms with Crippen LogP contribution in [0.2, 0.25) is 0 Å². The molecular formula is C30H32O7. The standard InChI is InChI=1S/C30H32O7/c1-34-6-7-35-17-36-26-13-25-23(12-24(26)30-14-19-8-20(15-30)10-21(9-19)16-30)28(31)27(37-25)11-18-2-4-22(5-3-18)29(32)33/h2-5,11-13,19-21H,6-10,14-17H2,1H3,(H,32,33)/b27-11-. The number of allylic oxidation sites excluding steroid dienone is 1. The third-order valence-electron chi connectivity index (χ3n) is 8.56. The SMILES string of the molecule is COCCOCOc1cc2c(cc1C13CC4CC(CC(C4)C1)C3)C(=O)/C(=C/c1ccc(C(=O)O)cc1)O2. The zero-order valence-corrected chi connectivity index (χ0v) is 21.0. The molecule has 2 aromatic carbocycles. The smallest absolute Gasteiger partial charge is 0.335 e. The van der Waals surface area contributed by atoms with Gasteiger partial charge in [0.15, 0.2) is 12.6 Å². The van der Waals surface area contributed by atoms with E-state index in [4.69, 9.17) is 24.1 Å². The molecule has 0 aromatic heterocycles. The van der Waals surface area contributed by atoms with E-state index in [2.05, 4.69) is 0 Å². The van der Waals surface area contributed by atoms with Gasteiger partial charge < -0.3 is 24.1 Å². The van der Waals surface area contributed by atoms with E-state index in [9.17, 15) is 9.59 Å². The molecule has 37 heavy (non-hydrogen) atoms. The molecule has 5 aliphatic rings. The third kappa shape index (κ3) is 4.55. The van der Waals surface area contributed by atoms with E-state index in [1.54, 1.807) is 25.3 Å². The van der Waals surface area contributed by atoms with Crippen molar-refractivity contribution in [3.8, 4) is 11.5 Å². The largest absolute Gasteiger partial charge is 0.478 e. The van der Waals surface area contributed by atoms with Gasteiger partial charge in [0.2, 0.25) is 5.78 Å². The number of ketones is 1. The summed E-state index contributed by atoms with van der Waals surface area (Å²) in [5.74, 6) is 2.55. The van der Waals surface area contributed by atoms with Crippen LogP contribution in [-0.2, 0) is 14.9 Å². The fourth-order valence-electron chi connectivity index (χ4n) is 7.37. The molecule has 4 saturated carbocycles. The lowest BCUT2D eigenvalue weighted by molar-refractivity contribution is -0.0190. The van der Waals surface area contributed by atoms with E-state index in [1.807, 2.05) is 12.1 Å². The lowest BCUT2D eigenvalue weighted by atomic mass is 9.48. The lowest BCUT2D eigenvalue weighted by Gasteiger charge is -2.57. The molecule has 0 spiro atoms. The average Bonchev–Trinajstić information content (AvgIpc) is 3.17. The predicted octanol–water partition coefficient (Wildman–Crippen LogP) is 5.47. The molecule has 194 valence electrons. The van der Waals surface area contributed by atoms with Crippen LogP contribution < -0.4 is 9.47 Å². The first-order valence-corrected chi connectivity index (χ1v) is 13.1. The number of benzene rings is 2. The van der Waals surface area contributed by atoms with Gasteiger partial charge >= 0.3 is 5.97 Å². The molecule has 1 heterocycles. The molecule has 0 radical (unpaired) electrons. The van der Waals surface area contributed by atoms with Crippen molar-refractivity contribution in [2.75, 3.05) is 27.1 Å². The minimum absolute atomic E-state index is 0.0328. The maximum Gasteiger partial charge on any atom is 0.335 e. The Labute approximate surface area is 216 Å². The summed E-state index contributed by atoms with van der Waals surface area (Å²) < 4.78 is 22.9. The van der Waals surface area contributed by atoms with Gasteiger partial charge in [-0.2, -0.15) is 0 Å². The molecule has 7 nitrogen and oxygen atoms in total. The van der Waals surface area contributed by atoms with E-state index < -0.39 is 5.97 Å². The second kappa shape index (κ2) is 9.62. The predicted molar refractivity (Wildman–Crippen MR) is 136 cm³/mol. The Bertz CT molecular complexity index is 1210. The molecule has 7 heteroatoms. The van der Waals surface area contributed by atoms with Gasteiger partial charge in [-0.3, -0.25) is 4.79 Å². The van der Waals surface area contributed by atoms with Gasteiger partial charge in [-0.05, 0) is 91.5 Å². The molecule has 4 fully saturated rings. The number of carbonyl (C=O) groups is 2. The van der Waals surface area contributed by atoms with Gasteiger partial charge in [0.25, 0.3) is 0 Å². The first-order valence-electron chi connectivity index (χ1n) is 13.1. The number of carboxylic acid groups (broad SMARTS) is 1. The average molecular weight is 505 g/mol. The number of fused-ring (bicyclic) bond motifs is 1. The zero-order chi connectivity index (χ0) is 25.6. The molecule has 1 aliphatic heterocycles. The van der Waals surface area contributed by atoms with Crippen LogP contribution in [0.3, 0.4) is 0 Å². The Morgan fingerprint density at radius 3 is 2.35 bits per heavy atom. The summed E-state index contributed by atoms with van der Waals surface area (Å²) in [4.78, 5) is 24.6. The van der Waals surface area contributed by atoms with Crippen LogP contribution in [0.1, 0.15) is 70.4 Å². The second-order valence-electron chi connectivity index (χ2n) is 11.1. The summed E-state index contributed by atoms with van der Waals surface area (Å²) in [5, 5.41) is 9.14.